The van der Waals surface area contributed by atoms with Crippen LogP contribution < -0.4 is 9.47 Å². The molecule has 0 radical (unpaired) electrons. The first-order valence-electron chi connectivity index (χ1n) is 12.7. The zero-order valence-electron chi connectivity index (χ0n) is 20.6. The van der Waals surface area contributed by atoms with Crippen molar-refractivity contribution < 1.29 is 23.9 Å². The summed E-state index contributed by atoms with van der Waals surface area (Å²) in [6.45, 7) is 0.220. The van der Waals surface area contributed by atoms with E-state index in [0.29, 0.717) is 39.7 Å². The molecule has 8 heteroatoms. The molecule has 2 amide bonds. The normalized spacial score (nSPS) is 29.3. The average Bonchev–Trinajstić information content (AvgIpc) is 3.12. The van der Waals surface area contributed by atoms with Crippen LogP contribution in [0.2, 0.25) is 0 Å². The Labute approximate surface area is 228 Å². The third kappa shape index (κ3) is 4.74. The Morgan fingerprint density at radius 2 is 1.68 bits per heavy atom. The number of hydrogen-bond donors (Lipinski definition) is 0. The molecule has 0 atom stereocenters. The monoisotopic (exact) mass is 581 g/mol. The van der Waals surface area contributed by atoms with E-state index in [0.717, 1.165) is 41.1 Å². The Kier molecular flexibility index (Phi) is 6.43. The van der Waals surface area contributed by atoms with Gasteiger partial charge in [0.15, 0.2) is 11.5 Å². The van der Waals surface area contributed by atoms with Crippen LogP contribution in [0.1, 0.15) is 49.7 Å². The summed E-state index contributed by atoms with van der Waals surface area (Å²) in [6.07, 6.45) is 8.29. The van der Waals surface area contributed by atoms with Crippen molar-refractivity contribution in [1.29, 1.82) is 0 Å². The predicted octanol–water partition coefficient (Wildman–Crippen LogP) is 6.82. The van der Waals surface area contributed by atoms with Gasteiger partial charge >= 0.3 is 5.97 Å². The summed E-state index contributed by atoms with van der Waals surface area (Å²) in [7, 11) is 1.53. The second kappa shape index (κ2) is 9.62. The first kappa shape index (κ1) is 24.7. The van der Waals surface area contributed by atoms with Gasteiger partial charge in [-0.05, 0) is 110 Å². The minimum atomic E-state index is -0.355. The summed E-state index contributed by atoms with van der Waals surface area (Å²) in [4.78, 5) is 40.5. The molecular formula is C29H28BrNO5S. The lowest BCUT2D eigenvalue weighted by atomic mass is 9.49. The number of rotatable bonds is 6. The molecule has 1 saturated heterocycles. The third-order valence-corrected chi connectivity index (χ3v) is 9.72. The predicted molar refractivity (Wildman–Crippen MR) is 145 cm³/mol. The average molecular weight is 583 g/mol. The van der Waals surface area contributed by atoms with Crippen LogP contribution in [-0.2, 0) is 16.1 Å². The van der Waals surface area contributed by atoms with Gasteiger partial charge in [-0.1, -0.05) is 34.1 Å². The number of benzene rings is 2. The van der Waals surface area contributed by atoms with Crippen LogP contribution in [0.4, 0.5) is 4.79 Å². The Morgan fingerprint density at radius 1 is 1.03 bits per heavy atom. The van der Waals surface area contributed by atoms with Gasteiger partial charge in [-0.3, -0.25) is 19.3 Å². The second-order valence-corrected chi connectivity index (χ2v) is 12.8. The van der Waals surface area contributed by atoms with Crippen LogP contribution in [-0.4, -0.2) is 29.1 Å². The highest BCUT2D eigenvalue weighted by Gasteiger charge is 2.55. The topological polar surface area (TPSA) is 72.9 Å². The van der Waals surface area contributed by atoms with Gasteiger partial charge in [-0.15, -0.1) is 0 Å². The van der Waals surface area contributed by atoms with Crippen LogP contribution >= 0.6 is 27.7 Å². The Morgan fingerprint density at radius 3 is 2.30 bits per heavy atom. The molecule has 7 rings (SSSR count). The molecule has 0 spiro atoms. The lowest BCUT2D eigenvalue weighted by Crippen LogP contribution is -2.51. The molecule has 4 saturated carbocycles. The van der Waals surface area contributed by atoms with Gasteiger partial charge in [0.1, 0.15) is 0 Å². The molecule has 2 aromatic rings. The van der Waals surface area contributed by atoms with E-state index < -0.39 is 0 Å². The first-order chi connectivity index (χ1) is 17.8. The van der Waals surface area contributed by atoms with E-state index in [2.05, 4.69) is 15.9 Å². The maximum atomic E-state index is 13.4. The van der Waals surface area contributed by atoms with Gasteiger partial charge in [0.05, 0.1) is 24.0 Å². The highest BCUT2D eigenvalue weighted by Crippen LogP contribution is 2.60. The molecule has 5 aliphatic rings. The number of amides is 2. The SMILES string of the molecule is COc1cc(/C=C2\SC(=O)N(Cc3ccc(Br)cc3)C2=O)ccc1OC(=O)C12CC3CC(CC(C3)C1)C2. The summed E-state index contributed by atoms with van der Waals surface area (Å²) < 4.78 is 12.4. The smallest absolute Gasteiger partial charge is 0.317 e. The number of carbonyl (C=O) groups is 3. The number of nitrogens with zero attached hydrogens (tertiary/aromatic N) is 1. The number of imide groups is 1. The lowest BCUT2D eigenvalue weighted by molar-refractivity contribution is -0.161. The van der Waals surface area contributed by atoms with Gasteiger partial charge in [0, 0.05) is 4.47 Å². The van der Waals surface area contributed by atoms with Crippen molar-refractivity contribution in [2.24, 2.45) is 23.2 Å². The minimum Gasteiger partial charge on any atom is -0.493 e. The number of esters is 1. The van der Waals surface area contributed by atoms with Crippen molar-refractivity contribution >= 4 is 50.9 Å². The highest BCUT2D eigenvalue weighted by molar-refractivity contribution is 9.10. The van der Waals surface area contributed by atoms with Gasteiger partial charge in [-0.25, -0.2) is 0 Å². The van der Waals surface area contributed by atoms with E-state index in [1.54, 1.807) is 24.3 Å². The van der Waals surface area contributed by atoms with Gasteiger partial charge in [-0.2, -0.15) is 0 Å². The number of ether oxygens (including phenoxy) is 2. The molecule has 4 aliphatic carbocycles. The zero-order valence-corrected chi connectivity index (χ0v) is 23.0. The Hall–Kier alpha value is -2.58. The van der Waals surface area contributed by atoms with Crippen LogP contribution in [0.3, 0.4) is 0 Å². The molecule has 5 fully saturated rings. The second-order valence-electron chi connectivity index (χ2n) is 10.9. The largest absolute Gasteiger partial charge is 0.493 e. The van der Waals surface area contributed by atoms with E-state index in [1.807, 2.05) is 24.3 Å². The maximum absolute atomic E-state index is 13.4. The molecule has 4 bridgehead atoms. The van der Waals surface area contributed by atoms with Crippen LogP contribution in [0.15, 0.2) is 51.8 Å². The van der Waals surface area contributed by atoms with Crippen molar-refractivity contribution in [1.82, 2.24) is 4.90 Å². The summed E-state index contributed by atoms with van der Waals surface area (Å²) in [5.41, 5.74) is 1.21. The molecule has 0 aromatic heterocycles. The molecule has 0 N–H and O–H groups in total. The molecule has 0 unspecified atom stereocenters. The zero-order chi connectivity index (χ0) is 25.7. The highest BCUT2D eigenvalue weighted by atomic mass is 79.9. The van der Waals surface area contributed by atoms with E-state index in [1.165, 1.54) is 31.3 Å². The maximum Gasteiger partial charge on any atom is 0.317 e. The molecule has 192 valence electrons. The van der Waals surface area contributed by atoms with E-state index in [9.17, 15) is 14.4 Å². The molecular weight excluding hydrogens is 554 g/mol. The summed E-state index contributed by atoms with van der Waals surface area (Å²) in [5, 5.41) is -0.299. The lowest BCUT2D eigenvalue weighted by Gasteiger charge is -2.55. The summed E-state index contributed by atoms with van der Waals surface area (Å²) >= 11 is 4.32. The van der Waals surface area contributed by atoms with Crippen molar-refractivity contribution in [3.8, 4) is 11.5 Å². The van der Waals surface area contributed by atoms with Crippen molar-refractivity contribution in [2.75, 3.05) is 7.11 Å². The number of hydrogen-bond acceptors (Lipinski definition) is 6. The number of halogens is 1. The van der Waals surface area contributed by atoms with E-state index in [-0.39, 0.29) is 29.1 Å². The molecule has 1 heterocycles. The first-order valence-corrected chi connectivity index (χ1v) is 14.3. The fourth-order valence-electron chi connectivity index (χ4n) is 6.99. The van der Waals surface area contributed by atoms with Crippen LogP contribution in [0, 0.1) is 23.2 Å². The number of thioether (sulfide) groups is 1. The molecule has 1 aliphatic heterocycles. The molecule has 37 heavy (non-hydrogen) atoms. The summed E-state index contributed by atoms with van der Waals surface area (Å²) in [6, 6.07) is 12.8. The Bertz CT molecular complexity index is 1270. The summed E-state index contributed by atoms with van der Waals surface area (Å²) in [5.74, 6) is 2.33. The molecule has 6 nitrogen and oxygen atoms in total. The minimum absolute atomic E-state index is 0.133. The fourth-order valence-corrected chi connectivity index (χ4v) is 8.09. The van der Waals surface area contributed by atoms with Crippen LogP contribution in [0.25, 0.3) is 6.08 Å². The Balaban J connectivity index is 1.17. The number of carbonyl (C=O) groups excluding carboxylic acids is 3. The van der Waals surface area contributed by atoms with E-state index in [4.69, 9.17) is 9.47 Å². The fraction of sp³-hybridized carbons (Fsp3) is 0.414. The van der Waals surface area contributed by atoms with Crippen LogP contribution in [0.5, 0.6) is 11.5 Å². The number of methoxy groups -OCH3 is 1. The third-order valence-electron chi connectivity index (χ3n) is 8.29. The van der Waals surface area contributed by atoms with E-state index >= 15 is 0 Å². The van der Waals surface area contributed by atoms with Crippen molar-refractivity contribution in [2.45, 2.75) is 45.1 Å². The molecule has 2 aromatic carbocycles. The van der Waals surface area contributed by atoms with Gasteiger partial charge < -0.3 is 9.47 Å². The van der Waals surface area contributed by atoms with Crippen molar-refractivity contribution in [3.63, 3.8) is 0 Å². The standard InChI is InChI=1S/C29H28BrNO5S/c1-35-24-11-18(12-25-26(32)31(28(34)37-25)16-17-2-5-22(30)6-3-17)4-7-23(24)36-27(33)29-13-19-8-20(14-29)10-21(9-19)15-29/h2-7,11-12,19-21H,8-10,13-16H2,1H3/b25-12-. The van der Waals surface area contributed by atoms with Gasteiger partial charge in [0.2, 0.25) is 0 Å². The van der Waals surface area contributed by atoms with Crippen molar-refractivity contribution in [3.05, 3.63) is 63.0 Å². The van der Waals surface area contributed by atoms with Gasteiger partial charge in [0.25, 0.3) is 11.1 Å². The quantitative estimate of drug-likeness (QED) is 0.212.